The third kappa shape index (κ3) is 2.18. The van der Waals surface area contributed by atoms with E-state index in [1.165, 1.54) is 6.07 Å². The van der Waals surface area contributed by atoms with Crippen LogP contribution in [0, 0.1) is 5.82 Å². The van der Waals surface area contributed by atoms with Crippen molar-refractivity contribution >= 4 is 28.7 Å². The zero-order valence-electron chi connectivity index (χ0n) is 9.97. The number of aromatic nitrogens is 3. The average Bonchev–Trinajstić information content (AvgIpc) is 2.81. The molecule has 0 atom stereocenters. The van der Waals surface area contributed by atoms with Crippen molar-refractivity contribution in [3.63, 3.8) is 0 Å². The van der Waals surface area contributed by atoms with Crippen molar-refractivity contribution in [2.24, 2.45) is 0 Å². The molecular formula is C14H11FN4. The fraction of sp³-hybridized carbons (Fsp3) is 0. The van der Waals surface area contributed by atoms with Crippen LogP contribution in [0.5, 0.6) is 0 Å². The molecule has 0 bridgehead atoms. The number of hydrogen-bond acceptors (Lipinski definition) is 3. The normalized spacial score (nSPS) is 11.4. The smallest absolute Gasteiger partial charge is 0.150 e. The van der Waals surface area contributed by atoms with E-state index < -0.39 is 5.82 Å². The average molecular weight is 254 g/mol. The number of nitrogens with two attached hydrogens (primary N) is 1. The van der Waals surface area contributed by atoms with Crippen molar-refractivity contribution in [3.05, 3.63) is 53.7 Å². The zero-order valence-corrected chi connectivity index (χ0v) is 9.97. The number of H-pyrrole nitrogens is 1. The Bertz CT molecular complexity index is 747. The van der Waals surface area contributed by atoms with Crippen LogP contribution in [0.15, 0.2) is 36.7 Å². The van der Waals surface area contributed by atoms with Crippen LogP contribution in [0.25, 0.3) is 23.1 Å². The minimum absolute atomic E-state index is 0.364. The summed E-state index contributed by atoms with van der Waals surface area (Å²) in [5.41, 5.74) is 8.04. The van der Waals surface area contributed by atoms with Crippen LogP contribution in [0.2, 0.25) is 0 Å². The van der Waals surface area contributed by atoms with Gasteiger partial charge in [-0.3, -0.25) is 10.1 Å². The van der Waals surface area contributed by atoms with Crippen LogP contribution >= 0.6 is 0 Å². The first-order valence-electron chi connectivity index (χ1n) is 5.75. The Morgan fingerprint density at radius 1 is 1.16 bits per heavy atom. The second kappa shape index (κ2) is 4.53. The maximum atomic E-state index is 13.6. The predicted octanol–water partition coefficient (Wildman–Crippen LogP) is 2.85. The van der Waals surface area contributed by atoms with Gasteiger partial charge in [-0.25, -0.2) is 4.39 Å². The highest BCUT2D eigenvalue weighted by atomic mass is 19.1. The lowest BCUT2D eigenvalue weighted by Gasteiger charge is -1.96. The molecule has 0 saturated heterocycles. The molecule has 3 rings (SSSR count). The molecular weight excluding hydrogens is 243 g/mol. The number of benzene rings is 1. The van der Waals surface area contributed by atoms with Crippen LogP contribution in [0.3, 0.4) is 0 Å². The second-order valence-corrected chi connectivity index (χ2v) is 4.15. The van der Waals surface area contributed by atoms with Gasteiger partial charge in [-0.1, -0.05) is 6.08 Å². The maximum absolute atomic E-state index is 13.6. The summed E-state index contributed by atoms with van der Waals surface area (Å²) >= 11 is 0. The Hall–Kier alpha value is -2.69. The van der Waals surface area contributed by atoms with Gasteiger partial charge in [0.15, 0.2) is 5.82 Å². The van der Waals surface area contributed by atoms with Crippen molar-refractivity contribution in [2.45, 2.75) is 0 Å². The fourth-order valence-electron chi connectivity index (χ4n) is 1.90. The summed E-state index contributed by atoms with van der Waals surface area (Å²) in [5, 5.41) is 7.43. The molecule has 19 heavy (non-hydrogen) atoms. The minimum Gasteiger partial charge on any atom is -0.399 e. The van der Waals surface area contributed by atoms with E-state index in [9.17, 15) is 4.39 Å². The van der Waals surface area contributed by atoms with Gasteiger partial charge in [-0.15, -0.1) is 0 Å². The molecule has 0 amide bonds. The largest absolute Gasteiger partial charge is 0.399 e. The lowest BCUT2D eigenvalue weighted by molar-refractivity contribution is 0.637. The number of pyridine rings is 1. The van der Waals surface area contributed by atoms with Gasteiger partial charge in [0.05, 0.1) is 5.69 Å². The quantitative estimate of drug-likeness (QED) is 0.691. The molecule has 2 aromatic heterocycles. The van der Waals surface area contributed by atoms with Crippen LogP contribution in [-0.4, -0.2) is 15.2 Å². The molecule has 4 nitrogen and oxygen atoms in total. The van der Waals surface area contributed by atoms with Crippen molar-refractivity contribution in [1.29, 1.82) is 0 Å². The minimum atomic E-state index is -0.397. The number of nitrogens with one attached hydrogen (secondary N) is 1. The highest BCUT2D eigenvalue weighted by Crippen LogP contribution is 2.23. The van der Waals surface area contributed by atoms with Crippen molar-refractivity contribution in [2.75, 3.05) is 5.73 Å². The van der Waals surface area contributed by atoms with Crippen molar-refractivity contribution in [1.82, 2.24) is 15.2 Å². The Labute approximate surface area is 108 Å². The second-order valence-electron chi connectivity index (χ2n) is 4.15. The molecule has 3 aromatic rings. The lowest BCUT2D eigenvalue weighted by atomic mass is 10.1. The molecule has 0 aliphatic heterocycles. The number of aromatic amines is 1. The van der Waals surface area contributed by atoms with Crippen LogP contribution in [0.4, 0.5) is 10.1 Å². The Kier molecular flexibility index (Phi) is 2.72. The fourth-order valence-corrected chi connectivity index (χ4v) is 1.90. The summed E-state index contributed by atoms with van der Waals surface area (Å²) in [5.74, 6) is -0.397. The zero-order chi connectivity index (χ0) is 13.2. The summed E-state index contributed by atoms with van der Waals surface area (Å²) in [6.45, 7) is 0. The van der Waals surface area contributed by atoms with E-state index in [0.717, 1.165) is 5.56 Å². The van der Waals surface area contributed by atoms with E-state index in [1.54, 1.807) is 18.5 Å². The number of anilines is 1. The maximum Gasteiger partial charge on any atom is 0.150 e. The van der Waals surface area contributed by atoms with Gasteiger partial charge in [0.1, 0.15) is 5.52 Å². The molecule has 94 valence electrons. The molecule has 3 N–H and O–H groups in total. The monoisotopic (exact) mass is 254 g/mol. The van der Waals surface area contributed by atoms with Gasteiger partial charge in [-0.05, 0) is 35.9 Å². The van der Waals surface area contributed by atoms with Gasteiger partial charge in [0, 0.05) is 23.5 Å². The molecule has 0 saturated carbocycles. The number of fused-ring (bicyclic) bond motifs is 1. The lowest BCUT2D eigenvalue weighted by Crippen LogP contribution is -1.87. The summed E-state index contributed by atoms with van der Waals surface area (Å²) in [4.78, 5) is 3.94. The number of rotatable bonds is 2. The number of nitrogens with zero attached hydrogens (tertiary/aromatic N) is 2. The molecule has 2 heterocycles. The summed E-state index contributed by atoms with van der Waals surface area (Å²) in [6.07, 6.45) is 7.12. The molecule has 0 spiro atoms. The third-order valence-electron chi connectivity index (χ3n) is 2.82. The SMILES string of the molecule is Nc1cc(F)c2[nH]nc(C=Cc3ccncc3)c2c1. The van der Waals surface area contributed by atoms with Crippen LogP contribution in [0.1, 0.15) is 11.3 Å². The van der Waals surface area contributed by atoms with E-state index in [0.29, 0.717) is 22.3 Å². The van der Waals surface area contributed by atoms with Gasteiger partial charge in [-0.2, -0.15) is 5.10 Å². The van der Waals surface area contributed by atoms with Crippen molar-refractivity contribution in [3.8, 4) is 0 Å². The van der Waals surface area contributed by atoms with Gasteiger partial charge in [0.25, 0.3) is 0 Å². The third-order valence-corrected chi connectivity index (χ3v) is 2.82. The summed E-state index contributed by atoms with van der Waals surface area (Å²) in [7, 11) is 0. The first-order chi connectivity index (χ1) is 9.24. The predicted molar refractivity (Wildman–Crippen MR) is 73.6 cm³/mol. The standard InChI is InChI=1S/C14H11FN4/c15-12-8-10(16)7-11-13(18-19-14(11)12)2-1-9-3-5-17-6-4-9/h1-8H,16H2,(H,18,19). The highest BCUT2D eigenvalue weighted by Gasteiger charge is 2.08. The van der Waals surface area contributed by atoms with E-state index in [1.807, 2.05) is 24.3 Å². The molecule has 0 fully saturated rings. The molecule has 0 unspecified atom stereocenters. The molecule has 0 radical (unpaired) electrons. The highest BCUT2D eigenvalue weighted by molar-refractivity contribution is 5.91. The first-order valence-corrected chi connectivity index (χ1v) is 5.75. The topological polar surface area (TPSA) is 67.6 Å². The van der Waals surface area contributed by atoms with E-state index in [2.05, 4.69) is 15.2 Å². The van der Waals surface area contributed by atoms with Crippen LogP contribution in [-0.2, 0) is 0 Å². The first kappa shape index (κ1) is 11.4. The molecule has 1 aromatic carbocycles. The number of nitrogen functional groups attached to an aromatic ring is 1. The Balaban J connectivity index is 2.04. The summed E-state index contributed by atoms with van der Waals surface area (Å²) < 4.78 is 13.6. The van der Waals surface area contributed by atoms with Gasteiger partial charge in [0.2, 0.25) is 0 Å². The molecule has 0 aliphatic rings. The van der Waals surface area contributed by atoms with Crippen LogP contribution < -0.4 is 5.73 Å². The van der Waals surface area contributed by atoms with Gasteiger partial charge < -0.3 is 5.73 Å². The molecule has 0 aliphatic carbocycles. The van der Waals surface area contributed by atoms with Crippen molar-refractivity contribution < 1.29 is 4.39 Å². The summed E-state index contributed by atoms with van der Waals surface area (Å²) in [6, 6.07) is 6.73. The number of halogens is 1. The number of hydrogen-bond donors (Lipinski definition) is 2. The van der Waals surface area contributed by atoms with E-state index in [-0.39, 0.29) is 0 Å². The van der Waals surface area contributed by atoms with Gasteiger partial charge >= 0.3 is 0 Å². The van der Waals surface area contributed by atoms with E-state index in [4.69, 9.17) is 5.73 Å². The molecule has 5 heteroatoms. The Morgan fingerprint density at radius 3 is 2.74 bits per heavy atom. The Morgan fingerprint density at radius 2 is 1.95 bits per heavy atom. The van der Waals surface area contributed by atoms with E-state index >= 15 is 0 Å².